The zero-order valence-corrected chi connectivity index (χ0v) is 10.0. The van der Waals surface area contributed by atoms with Gasteiger partial charge in [0.05, 0.1) is 0 Å². The molecule has 2 aromatic carbocycles. The summed E-state index contributed by atoms with van der Waals surface area (Å²) in [7, 11) is 0. The fourth-order valence-electron chi connectivity index (χ4n) is 2.09. The average molecular weight is 254 g/mol. The third-order valence-corrected chi connectivity index (χ3v) is 3.19. The summed E-state index contributed by atoms with van der Waals surface area (Å²) >= 11 is 0. The Bertz CT molecular complexity index is 580. The van der Waals surface area contributed by atoms with E-state index in [1.54, 1.807) is 31.2 Å². The minimum absolute atomic E-state index is 0.106. The van der Waals surface area contributed by atoms with Crippen LogP contribution in [0.5, 0.6) is 0 Å². The van der Waals surface area contributed by atoms with Crippen molar-refractivity contribution >= 4 is 10.8 Å². The zero-order valence-electron chi connectivity index (χ0n) is 10.0. The zero-order chi connectivity index (χ0) is 13.6. The minimum Gasteiger partial charge on any atom is -0.376 e. The van der Waals surface area contributed by atoms with E-state index >= 15 is 0 Å². The van der Waals surface area contributed by atoms with Crippen molar-refractivity contribution in [3.8, 4) is 0 Å². The Morgan fingerprint density at radius 1 is 1.00 bits per heavy atom. The molecule has 0 saturated carbocycles. The molecule has 1 atom stereocenters. The van der Waals surface area contributed by atoms with Crippen LogP contribution in [0.4, 0.5) is 13.2 Å². The maximum atomic E-state index is 12.9. The van der Waals surface area contributed by atoms with Crippen molar-refractivity contribution in [2.24, 2.45) is 0 Å². The van der Waals surface area contributed by atoms with Crippen molar-refractivity contribution < 1.29 is 18.3 Å². The lowest BCUT2D eigenvalue weighted by atomic mass is 9.88. The molecule has 2 aromatic rings. The lowest BCUT2D eigenvalue weighted by Crippen LogP contribution is -2.39. The number of aliphatic hydroxyl groups is 1. The van der Waals surface area contributed by atoms with E-state index in [1.165, 1.54) is 12.1 Å². The molecule has 96 valence electrons. The molecular formula is C14H13F3O. The largest absolute Gasteiger partial charge is 0.421 e. The number of halogens is 3. The van der Waals surface area contributed by atoms with Gasteiger partial charge >= 0.3 is 6.18 Å². The quantitative estimate of drug-likeness (QED) is 0.817. The molecule has 0 saturated heterocycles. The van der Waals surface area contributed by atoms with E-state index in [0.29, 0.717) is 16.3 Å². The van der Waals surface area contributed by atoms with Crippen LogP contribution in [0, 0.1) is 6.92 Å². The van der Waals surface area contributed by atoms with Gasteiger partial charge in [-0.05, 0) is 30.2 Å². The van der Waals surface area contributed by atoms with Gasteiger partial charge in [0.1, 0.15) is 0 Å². The number of fused-ring (bicyclic) bond motifs is 1. The Morgan fingerprint density at radius 3 is 2.11 bits per heavy atom. The predicted molar refractivity (Wildman–Crippen MR) is 64.3 cm³/mol. The molecule has 1 N–H and O–H groups in total. The summed E-state index contributed by atoms with van der Waals surface area (Å²) in [6.45, 7) is 2.52. The molecule has 0 amide bonds. The van der Waals surface area contributed by atoms with Gasteiger partial charge in [-0.3, -0.25) is 0 Å². The van der Waals surface area contributed by atoms with Gasteiger partial charge in [0.25, 0.3) is 0 Å². The standard InChI is InChI=1S/C14H13F3O/c1-9-5-3-6-10-7-4-8-11(12(9)10)13(2,18)14(15,16)17/h3-8,18H,1-2H3. The third kappa shape index (κ3) is 1.86. The molecule has 0 aliphatic rings. The average Bonchev–Trinajstić information content (AvgIpc) is 2.27. The Kier molecular flexibility index (Phi) is 2.86. The molecule has 1 unspecified atom stereocenters. The van der Waals surface area contributed by atoms with Gasteiger partial charge in [0, 0.05) is 5.56 Å². The van der Waals surface area contributed by atoms with E-state index in [1.807, 2.05) is 0 Å². The van der Waals surface area contributed by atoms with Crippen molar-refractivity contribution in [1.82, 2.24) is 0 Å². The first-order valence-corrected chi connectivity index (χ1v) is 5.53. The number of rotatable bonds is 1. The summed E-state index contributed by atoms with van der Waals surface area (Å²) in [5.74, 6) is 0. The first-order valence-electron chi connectivity index (χ1n) is 5.53. The van der Waals surface area contributed by atoms with Gasteiger partial charge in [-0.15, -0.1) is 0 Å². The molecule has 0 aromatic heterocycles. The van der Waals surface area contributed by atoms with E-state index in [-0.39, 0.29) is 5.56 Å². The van der Waals surface area contributed by atoms with Crippen LogP contribution in [0.15, 0.2) is 36.4 Å². The van der Waals surface area contributed by atoms with Gasteiger partial charge in [-0.25, -0.2) is 0 Å². The highest BCUT2D eigenvalue weighted by Crippen LogP contribution is 2.41. The first-order chi connectivity index (χ1) is 8.25. The number of aryl methyl sites for hydroxylation is 1. The van der Waals surface area contributed by atoms with Crippen LogP contribution in [0.1, 0.15) is 18.1 Å². The summed E-state index contributed by atoms with van der Waals surface area (Å²) in [6.07, 6.45) is -4.70. The molecule has 0 radical (unpaired) electrons. The molecule has 1 nitrogen and oxygen atoms in total. The second kappa shape index (κ2) is 3.99. The van der Waals surface area contributed by atoms with Crippen LogP contribution < -0.4 is 0 Å². The van der Waals surface area contributed by atoms with Crippen molar-refractivity contribution in [3.05, 3.63) is 47.5 Å². The van der Waals surface area contributed by atoms with Crippen molar-refractivity contribution in [3.63, 3.8) is 0 Å². The Morgan fingerprint density at radius 2 is 1.56 bits per heavy atom. The van der Waals surface area contributed by atoms with Gasteiger partial charge in [-0.1, -0.05) is 36.4 Å². The summed E-state index contributed by atoms with van der Waals surface area (Å²) in [5.41, 5.74) is -2.24. The summed E-state index contributed by atoms with van der Waals surface area (Å²) < 4.78 is 38.8. The van der Waals surface area contributed by atoms with Crippen LogP contribution in [-0.4, -0.2) is 11.3 Å². The fraction of sp³-hybridized carbons (Fsp3) is 0.286. The lowest BCUT2D eigenvalue weighted by Gasteiger charge is -2.28. The molecular weight excluding hydrogens is 241 g/mol. The SMILES string of the molecule is Cc1cccc2cccc(C(C)(O)C(F)(F)F)c12. The molecule has 0 spiro atoms. The maximum absolute atomic E-state index is 12.9. The number of benzene rings is 2. The number of hydrogen-bond donors (Lipinski definition) is 1. The van der Waals surface area contributed by atoms with Crippen LogP contribution in [0.2, 0.25) is 0 Å². The van der Waals surface area contributed by atoms with Crippen molar-refractivity contribution in [2.45, 2.75) is 25.6 Å². The Labute approximate surface area is 103 Å². The normalized spacial score (nSPS) is 15.7. The second-order valence-electron chi connectivity index (χ2n) is 4.55. The molecule has 0 fully saturated rings. The van der Waals surface area contributed by atoms with Gasteiger partial charge in [0.2, 0.25) is 0 Å². The highest BCUT2D eigenvalue weighted by molar-refractivity contribution is 5.89. The van der Waals surface area contributed by atoms with Crippen molar-refractivity contribution in [2.75, 3.05) is 0 Å². The maximum Gasteiger partial charge on any atom is 0.421 e. The molecule has 0 aliphatic heterocycles. The fourth-order valence-corrected chi connectivity index (χ4v) is 2.09. The van der Waals surface area contributed by atoms with E-state index in [0.717, 1.165) is 6.92 Å². The van der Waals surface area contributed by atoms with Gasteiger partial charge < -0.3 is 5.11 Å². The molecule has 0 aliphatic carbocycles. The Hall–Kier alpha value is -1.55. The van der Waals surface area contributed by atoms with Crippen LogP contribution in [0.3, 0.4) is 0 Å². The highest BCUT2D eigenvalue weighted by atomic mass is 19.4. The van der Waals surface area contributed by atoms with Crippen LogP contribution in [-0.2, 0) is 5.60 Å². The van der Waals surface area contributed by atoms with Gasteiger partial charge in [0.15, 0.2) is 5.60 Å². The number of alkyl halides is 3. The second-order valence-corrected chi connectivity index (χ2v) is 4.55. The molecule has 0 bridgehead atoms. The molecule has 2 rings (SSSR count). The highest BCUT2D eigenvalue weighted by Gasteiger charge is 2.51. The molecule has 18 heavy (non-hydrogen) atoms. The van der Waals surface area contributed by atoms with E-state index < -0.39 is 11.8 Å². The topological polar surface area (TPSA) is 20.2 Å². The van der Waals surface area contributed by atoms with Crippen LogP contribution >= 0.6 is 0 Å². The third-order valence-electron chi connectivity index (χ3n) is 3.19. The summed E-state index contributed by atoms with van der Waals surface area (Å²) in [4.78, 5) is 0. The first kappa shape index (κ1) is 12.9. The molecule has 4 heteroatoms. The smallest absolute Gasteiger partial charge is 0.376 e. The Balaban J connectivity index is 2.80. The van der Waals surface area contributed by atoms with E-state index in [4.69, 9.17) is 0 Å². The summed E-state index contributed by atoms with van der Waals surface area (Å²) in [5, 5.41) is 11.0. The van der Waals surface area contributed by atoms with E-state index in [9.17, 15) is 18.3 Å². The molecule has 0 heterocycles. The van der Waals surface area contributed by atoms with Gasteiger partial charge in [-0.2, -0.15) is 13.2 Å². The van der Waals surface area contributed by atoms with Crippen LogP contribution in [0.25, 0.3) is 10.8 Å². The predicted octanol–water partition coefficient (Wildman–Crippen LogP) is 3.92. The number of hydrogen-bond acceptors (Lipinski definition) is 1. The lowest BCUT2D eigenvalue weighted by molar-refractivity contribution is -0.258. The minimum atomic E-state index is -4.70. The monoisotopic (exact) mass is 254 g/mol. The summed E-state index contributed by atoms with van der Waals surface area (Å²) in [6, 6.07) is 9.83. The van der Waals surface area contributed by atoms with Crippen molar-refractivity contribution in [1.29, 1.82) is 0 Å². The van der Waals surface area contributed by atoms with E-state index in [2.05, 4.69) is 0 Å².